The molecule has 0 bridgehead atoms. The highest BCUT2D eigenvalue weighted by Crippen LogP contribution is 2.40. The molecule has 9 heteroatoms. The number of nitrogens with one attached hydrogen (secondary N) is 2. The molecule has 3 atom stereocenters. The zero-order chi connectivity index (χ0) is 26.8. The molecule has 39 heavy (non-hydrogen) atoms. The summed E-state index contributed by atoms with van der Waals surface area (Å²) in [6, 6.07) is 20.1. The van der Waals surface area contributed by atoms with Crippen LogP contribution in [-0.2, 0) is 13.5 Å². The lowest BCUT2D eigenvalue weighted by Gasteiger charge is -2.22. The van der Waals surface area contributed by atoms with Crippen molar-refractivity contribution in [3.63, 3.8) is 0 Å². The summed E-state index contributed by atoms with van der Waals surface area (Å²) in [5, 5.41) is 17.8. The van der Waals surface area contributed by atoms with Crippen LogP contribution < -0.4 is 10.6 Å². The molecular formula is C30H31N7OS. The lowest BCUT2D eigenvalue weighted by molar-refractivity contribution is 0.247. The van der Waals surface area contributed by atoms with Gasteiger partial charge in [0, 0.05) is 41.7 Å². The van der Waals surface area contributed by atoms with Crippen LogP contribution >= 0.6 is 11.3 Å². The number of para-hydroxylation sites is 1. The van der Waals surface area contributed by atoms with Crippen molar-refractivity contribution in [3.8, 4) is 16.9 Å². The van der Waals surface area contributed by atoms with Crippen LogP contribution in [-0.4, -0.2) is 36.6 Å². The van der Waals surface area contributed by atoms with Crippen molar-refractivity contribution in [2.45, 2.75) is 38.1 Å². The molecule has 6 rings (SSSR count). The summed E-state index contributed by atoms with van der Waals surface area (Å²) in [6.07, 6.45) is 6.57. The normalized spacial score (nSPS) is 18.8. The number of rotatable bonds is 7. The summed E-state index contributed by atoms with van der Waals surface area (Å²) in [4.78, 5) is 18.1. The molecule has 0 saturated heterocycles. The zero-order valence-corrected chi connectivity index (χ0v) is 22.8. The first-order valence-electron chi connectivity index (χ1n) is 13.2. The van der Waals surface area contributed by atoms with Crippen molar-refractivity contribution in [2.24, 2.45) is 13.0 Å². The van der Waals surface area contributed by atoms with Crippen LogP contribution in [0.4, 0.5) is 10.6 Å². The fourth-order valence-corrected chi connectivity index (χ4v) is 6.27. The molecule has 3 aromatic heterocycles. The van der Waals surface area contributed by atoms with Crippen LogP contribution in [0.15, 0.2) is 83.9 Å². The maximum atomic E-state index is 13.6. The van der Waals surface area contributed by atoms with Gasteiger partial charge in [-0.2, -0.15) is 10.2 Å². The SMILES string of the molecule is Cc1c(-c2cnn(C)c2)nn(-c2ccccc2)c1NC(=O)N[C@@H]1C[C@@H](Cc2cscn2)C[C@H]1c1ccccc1. The van der Waals surface area contributed by atoms with Crippen molar-refractivity contribution < 1.29 is 4.79 Å². The van der Waals surface area contributed by atoms with Gasteiger partial charge in [-0.3, -0.25) is 10.00 Å². The Bertz CT molecular complexity index is 1540. The van der Waals surface area contributed by atoms with E-state index in [0.29, 0.717) is 11.7 Å². The Hall–Kier alpha value is -4.24. The molecule has 0 unspecified atom stereocenters. The van der Waals surface area contributed by atoms with E-state index in [1.165, 1.54) is 5.56 Å². The average molecular weight is 538 g/mol. The first kappa shape index (κ1) is 25.1. The van der Waals surface area contributed by atoms with E-state index in [2.05, 4.69) is 50.4 Å². The summed E-state index contributed by atoms with van der Waals surface area (Å²) in [6.45, 7) is 1.98. The Morgan fingerprint density at radius 3 is 2.54 bits per heavy atom. The van der Waals surface area contributed by atoms with E-state index >= 15 is 0 Å². The number of amides is 2. The zero-order valence-electron chi connectivity index (χ0n) is 22.0. The van der Waals surface area contributed by atoms with E-state index in [1.807, 2.05) is 62.1 Å². The van der Waals surface area contributed by atoms with E-state index in [4.69, 9.17) is 5.10 Å². The van der Waals surface area contributed by atoms with Gasteiger partial charge in [-0.05, 0) is 49.8 Å². The third-order valence-electron chi connectivity index (χ3n) is 7.52. The minimum atomic E-state index is -0.229. The molecule has 2 N–H and O–H groups in total. The molecule has 0 spiro atoms. The molecule has 1 aliphatic rings. The fraction of sp³-hybridized carbons (Fsp3) is 0.267. The average Bonchev–Trinajstić information content (AvgIpc) is 3.75. The molecule has 8 nitrogen and oxygen atoms in total. The largest absolute Gasteiger partial charge is 0.334 e. The highest BCUT2D eigenvalue weighted by Gasteiger charge is 2.36. The predicted octanol–water partition coefficient (Wildman–Crippen LogP) is 5.96. The molecule has 0 aliphatic heterocycles. The van der Waals surface area contributed by atoms with Crippen LogP contribution in [0.2, 0.25) is 0 Å². The van der Waals surface area contributed by atoms with E-state index in [1.54, 1.807) is 26.9 Å². The van der Waals surface area contributed by atoms with E-state index in [9.17, 15) is 4.79 Å². The van der Waals surface area contributed by atoms with Gasteiger partial charge in [-0.25, -0.2) is 14.5 Å². The van der Waals surface area contributed by atoms with E-state index in [-0.39, 0.29) is 18.0 Å². The van der Waals surface area contributed by atoms with Crippen LogP contribution in [0, 0.1) is 12.8 Å². The molecule has 2 amide bonds. The van der Waals surface area contributed by atoms with Crippen molar-refractivity contribution in [1.82, 2.24) is 29.9 Å². The van der Waals surface area contributed by atoms with Gasteiger partial charge >= 0.3 is 6.03 Å². The summed E-state index contributed by atoms with van der Waals surface area (Å²) < 4.78 is 3.55. The number of carbonyl (C=O) groups excluding carboxylic acids is 1. The molecule has 1 fully saturated rings. The first-order valence-corrected chi connectivity index (χ1v) is 14.1. The number of benzene rings is 2. The van der Waals surface area contributed by atoms with Crippen LogP contribution in [0.5, 0.6) is 0 Å². The number of aromatic nitrogens is 5. The number of urea groups is 1. The molecule has 3 heterocycles. The predicted molar refractivity (Wildman–Crippen MR) is 154 cm³/mol. The highest BCUT2D eigenvalue weighted by molar-refractivity contribution is 7.07. The van der Waals surface area contributed by atoms with Gasteiger partial charge in [0.2, 0.25) is 0 Å². The van der Waals surface area contributed by atoms with Crippen molar-refractivity contribution in [1.29, 1.82) is 0 Å². The molecule has 2 aromatic carbocycles. The second kappa shape index (κ2) is 10.9. The molecular weight excluding hydrogens is 506 g/mol. The molecule has 1 saturated carbocycles. The fourth-order valence-electron chi connectivity index (χ4n) is 5.70. The van der Waals surface area contributed by atoms with E-state index < -0.39 is 0 Å². The van der Waals surface area contributed by atoms with Gasteiger partial charge in [0.1, 0.15) is 11.5 Å². The number of hydrogen-bond acceptors (Lipinski definition) is 5. The Kier molecular flexibility index (Phi) is 6.98. The topological polar surface area (TPSA) is 89.7 Å². The van der Waals surface area contributed by atoms with Crippen molar-refractivity contribution >= 4 is 23.2 Å². The summed E-state index contributed by atoms with van der Waals surface area (Å²) in [7, 11) is 1.88. The minimum absolute atomic E-state index is 0.0160. The lowest BCUT2D eigenvalue weighted by atomic mass is 9.93. The van der Waals surface area contributed by atoms with Gasteiger partial charge < -0.3 is 5.32 Å². The number of nitrogens with zero attached hydrogens (tertiary/aromatic N) is 5. The molecule has 5 aromatic rings. The second-order valence-electron chi connectivity index (χ2n) is 10.2. The van der Waals surface area contributed by atoms with Crippen LogP contribution in [0.1, 0.15) is 35.6 Å². The number of carbonyl (C=O) groups is 1. The second-order valence-corrected chi connectivity index (χ2v) is 10.9. The maximum Gasteiger partial charge on any atom is 0.320 e. The minimum Gasteiger partial charge on any atom is -0.334 e. The number of aryl methyl sites for hydroxylation is 1. The van der Waals surface area contributed by atoms with Crippen LogP contribution in [0.25, 0.3) is 16.9 Å². The van der Waals surface area contributed by atoms with Crippen LogP contribution in [0.3, 0.4) is 0 Å². The number of hydrogen-bond donors (Lipinski definition) is 2. The summed E-state index contributed by atoms with van der Waals surface area (Å²) >= 11 is 1.63. The van der Waals surface area contributed by atoms with Gasteiger partial charge in [0.25, 0.3) is 0 Å². The van der Waals surface area contributed by atoms with Gasteiger partial charge in [-0.15, -0.1) is 11.3 Å². The lowest BCUT2D eigenvalue weighted by Crippen LogP contribution is -2.40. The van der Waals surface area contributed by atoms with Gasteiger partial charge in [-0.1, -0.05) is 48.5 Å². The summed E-state index contributed by atoms with van der Waals surface area (Å²) in [5.41, 5.74) is 7.72. The third-order valence-corrected chi connectivity index (χ3v) is 8.15. The number of anilines is 1. The Balaban J connectivity index is 1.26. The Morgan fingerprint density at radius 1 is 1.08 bits per heavy atom. The standard InChI is InChI=1S/C30H31N7OS/c1-20-28(23-16-32-36(2)17-23)35-37(25-11-7-4-8-12-25)29(20)34-30(38)33-27-15-21(13-24-18-39-19-31-24)14-26(27)22-9-5-3-6-10-22/h3-12,16-19,21,26-27H,13-15H2,1-2H3,(H2,33,34,38)/t21-,26-,27+/m0/s1. The van der Waals surface area contributed by atoms with Crippen molar-refractivity contribution in [3.05, 3.63) is 101 Å². The third kappa shape index (κ3) is 5.35. The highest BCUT2D eigenvalue weighted by atomic mass is 32.1. The summed E-state index contributed by atoms with van der Waals surface area (Å²) in [5.74, 6) is 1.34. The molecule has 198 valence electrons. The quantitative estimate of drug-likeness (QED) is 0.268. The Morgan fingerprint density at radius 2 is 1.85 bits per heavy atom. The first-order chi connectivity index (χ1) is 19.0. The maximum absolute atomic E-state index is 13.6. The number of thiazole rings is 1. The smallest absolute Gasteiger partial charge is 0.320 e. The van der Waals surface area contributed by atoms with Gasteiger partial charge in [0.15, 0.2) is 0 Å². The van der Waals surface area contributed by atoms with E-state index in [0.717, 1.165) is 47.5 Å². The van der Waals surface area contributed by atoms with Gasteiger partial charge in [0.05, 0.1) is 23.1 Å². The Labute approximate surface area is 231 Å². The van der Waals surface area contributed by atoms with Crippen molar-refractivity contribution in [2.75, 3.05) is 5.32 Å². The molecule has 1 aliphatic carbocycles. The molecule has 0 radical (unpaired) electrons. The monoisotopic (exact) mass is 537 g/mol.